The Bertz CT molecular complexity index is 1240. The third kappa shape index (κ3) is 5.08. The van der Waals surface area contributed by atoms with Gasteiger partial charge in [-0.3, -0.25) is 9.52 Å². The minimum Gasteiger partial charge on any atom is -0.354 e. The van der Waals surface area contributed by atoms with Gasteiger partial charge in [0.2, 0.25) is 5.91 Å². The van der Waals surface area contributed by atoms with Crippen molar-refractivity contribution < 1.29 is 17.7 Å². The van der Waals surface area contributed by atoms with Crippen molar-refractivity contribution in [3.63, 3.8) is 0 Å². The molecule has 1 aromatic heterocycles. The number of benzene rings is 2. The van der Waals surface area contributed by atoms with E-state index in [4.69, 9.17) is 4.52 Å². The van der Waals surface area contributed by atoms with Crippen molar-refractivity contribution >= 4 is 39.5 Å². The molecule has 0 unspecified atom stereocenters. The van der Waals surface area contributed by atoms with Crippen molar-refractivity contribution in [1.29, 1.82) is 0 Å². The molecule has 8 heteroatoms. The summed E-state index contributed by atoms with van der Waals surface area (Å²) in [5.41, 5.74) is 3.62. The number of amides is 1. The van der Waals surface area contributed by atoms with Crippen molar-refractivity contribution in [2.75, 3.05) is 10.0 Å². The van der Waals surface area contributed by atoms with Crippen LogP contribution in [0.1, 0.15) is 42.3 Å². The molecule has 0 aliphatic heterocycles. The number of aryl methyl sites for hydroxylation is 2. The molecule has 2 aromatic carbocycles. The van der Waals surface area contributed by atoms with Crippen LogP contribution in [0.25, 0.3) is 12.2 Å². The lowest BCUT2D eigenvalue weighted by Gasteiger charge is -2.09. The Hall–Kier alpha value is -3.39. The van der Waals surface area contributed by atoms with E-state index in [9.17, 15) is 13.2 Å². The van der Waals surface area contributed by atoms with Gasteiger partial charge in [-0.05, 0) is 67.7 Å². The zero-order valence-electron chi connectivity index (χ0n) is 18.0. The molecule has 1 aliphatic rings. The first-order valence-corrected chi connectivity index (χ1v) is 12.0. The van der Waals surface area contributed by atoms with Gasteiger partial charge in [0.15, 0.2) is 5.76 Å². The third-order valence-electron chi connectivity index (χ3n) is 5.32. The second kappa shape index (κ2) is 9.00. The summed E-state index contributed by atoms with van der Waals surface area (Å²) in [6.07, 6.45) is 6.20. The molecule has 1 heterocycles. The number of hydrogen-bond acceptors (Lipinski definition) is 5. The van der Waals surface area contributed by atoms with Crippen LogP contribution in [0.15, 0.2) is 57.9 Å². The number of aromatic nitrogens is 1. The van der Waals surface area contributed by atoms with E-state index in [1.165, 1.54) is 0 Å². The number of nitrogens with one attached hydrogen (secondary N) is 2. The highest BCUT2D eigenvalue weighted by molar-refractivity contribution is 7.92. The van der Waals surface area contributed by atoms with Gasteiger partial charge in [-0.1, -0.05) is 42.4 Å². The van der Waals surface area contributed by atoms with Gasteiger partial charge in [0, 0.05) is 11.6 Å². The summed E-state index contributed by atoms with van der Waals surface area (Å²) in [6, 6.07) is 13.8. The Kier molecular flexibility index (Phi) is 6.14. The lowest BCUT2D eigenvalue weighted by Crippen LogP contribution is -2.14. The van der Waals surface area contributed by atoms with Gasteiger partial charge in [0.05, 0.1) is 4.90 Å². The number of anilines is 2. The molecule has 3 aromatic rings. The van der Waals surface area contributed by atoms with E-state index >= 15 is 0 Å². The summed E-state index contributed by atoms with van der Waals surface area (Å²) in [7, 11) is -3.69. The van der Waals surface area contributed by atoms with E-state index in [1.807, 2.05) is 19.1 Å². The first-order chi connectivity index (χ1) is 15.4. The average molecular weight is 452 g/mol. The van der Waals surface area contributed by atoms with E-state index in [0.717, 1.165) is 30.4 Å². The van der Waals surface area contributed by atoms with Gasteiger partial charge in [0.1, 0.15) is 11.4 Å². The second-order valence-electron chi connectivity index (χ2n) is 7.83. The number of hydrogen-bond donors (Lipinski definition) is 2. The summed E-state index contributed by atoms with van der Waals surface area (Å²) < 4.78 is 33.2. The van der Waals surface area contributed by atoms with E-state index in [1.54, 1.807) is 55.5 Å². The first-order valence-electron chi connectivity index (χ1n) is 10.5. The summed E-state index contributed by atoms with van der Waals surface area (Å²) in [5.74, 6) is 0.511. The molecule has 0 bridgehead atoms. The maximum Gasteiger partial charge on any atom is 0.261 e. The summed E-state index contributed by atoms with van der Waals surface area (Å²) in [4.78, 5) is 12.2. The van der Waals surface area contributed by atoms with Gasteiger partial charge < -0.3 is 9.84 Å². The van der Waals surface area contributed by atoms with Crippen LogP contribution < -0.4 is 10.0 Å². The summed E-state index contributed by atoms with van der Waals surface area (Å²) in [6.45, 7) is 3.82. The van der Waals surface area contributed by atoms with Gasteiger partial charge in [0.25, 0.3) is 10.0 Å². The Balaban J connectivity index is 1.45. The fourth-order valence-corrected chi connectivity index (χ4v) is 4.24. The van der Waals surface area contributed by atoms with Crippen LogP contribution in [0.4, 0.5) is 11.4 Å². The first kappa shape index (κ1) is 21.8. The molecule has 0 atom stereocenters. The second-order valence-corrected chi connectivity index (χ2v) is 9.51. The van der Waals surface area contributed by atoms with Crippen LogP contribution in [0.2, 0.25) is 0 Å². The Morgan fingerprint density at radius 1 is 1.09 bits per heavy atom. The van der Waals surface area contributed by atoms with E-state index in [2.05, 4.69) is 15.2 Å². The molecule has 1 amide bonds. The quantitative estimate of drug-likeness (QED) is 0.509. The van der Waals surface area contributed by atoms with Crippen LogP contribution in [-0.2, 0) is 21.2 Å². The van der Waals surface area contributed by atoms with Crippen molar-refractivity contribution in [1.82, 2.24) is 5.16 Å². The Morgan fingerprint density at radius 2 is 1.78 bits per heavy atom. The molecule has 0 radical (unpaired) electrons. The average Bonchev–Trinajstić information content (AvgIpc) is 3.59. The maximum atomic E-state index is 12.7. The number of sulfonamides is 1. The van der Waals surface area contributed by atoms with E-state index in [-0.39, 0.29) is 16.7 Å². The lowest BCUT2D eigenvalue weighted by molar-refractivity contribution is -0.117. The molecule has 0 spiro atoms. The number of rotatable bonds is 8. The van der Waals surface area contributed by atoms with Crippen LogP contribution in [0, 0.1) is 12.8 Å². The minimum atomic E-state index is -3.69. The molecule has 0 saturated heterocycles. The van der Waals surface area contributed by atoms with E-state index in [0.29, 0.717) is 22.8 Å². The predicted molar refractivity (Wildman–Crippen MR) is 125 cm³/mol. The molecule has 1 fully saturated rings. The largest absolute Gasteiger partial charge is 0.354 e. The highest BCUT2D eigenvalue weighted by Crippen LogP contribution is 2.32. The molecule has 4 rings (SSSR count). The van der Waals surface area contributed by atoms with Crippen LogP contribution in [-0.4, -0.2) is 19.5 Å². The Morgan fingerprint density at radius 3 is 2.41 bits per heavy atom. The van der Waals surface area contributed by atoms with Crippen molar-refractivity contribution in [3.05, 3.63) is 71.1 Å². The highest BCUT2D eigenvalue weighted by atomic mass is 32.2. The standard InChI is InChI=1S/C24H25N3O4S/c1-3-17-4-11-20(12-5-17)27-32(29,30)21-13-6-18(7-14-21)8-15-22-23(16(2)26-31-22)25-24(28)19-9-10-19/h4-8,11-15,19,27H,3,9-10H2,1-2H3,(H,25,28). The summed E-state index contributed by atoms with van der Waals surface area (Å²) >= 11 is 0. The lowest BCUT2D eigenvalue weighted by atomic mass is 10.2. The molecule has 1 aliphatic carbocycles. The van der Waals surface area contributed by atoms with Gasteiger partial charge in [-0.2, -0.15) is 0 Å². The number of nitrogens with zero attached hydrogens (tertiary/aromatic N) is 1. The maximum absolute atomic E-state index is 12.7. The van der Waals surface area contributed by atoms with Gasteiger partial charge in [-0.25, -0.2) is 8.42 Å². The van der Waals surface area contributed by atoms with Crippen molar-refractivity contribution in [2.45, 2.75) is 38.0 Å². The topological polar surface area (TPSA) is 101 Å². The Labute approximate surface area is 187 Å². The molecular weight excluding hydrogens is 426 g/mol. The zero-order chi connectivity index (χ0) is 22.7. The zero-order valence-corrected chi connectivity index (χ0v) is 18.8. The molecule has 1 saturated carbocycles. The van der Waals surface area contributed by atoms with Crippen molar-refractivity contribution in [3.8, 4) is 0 Å². The SMILES string of the molecule is CCc1ccc(NS(=O)(=O)c2ccc(C=Cc3onc(C)c3NC(=O)C3CC3)cc2)cc1. The van der Waals surface area contributed by atoms with E-state index < -0.39 is 10.0 Å². The smallest absolute Gasteiger partial charge is 0.261 e. The molecule has 166 valence electrons. The normalized spacial score (nSPS) is 13.9. The third-order valence-corrected chi connectivity index (χ3v) is 6.71. The fraction of sp³-hybridized carbons (Fsp3) is 0.250. The fourth-order valence-electron chi connectivity index (χ4n) is 3.18. The molecular formula is C24H25N3O4S. The van der Waals surface area contributed by atoms with Crippen molar-refractivity contribution in [2.24, 2.45) is 5.92 Å². The number of carbonyl (C=O) groups excluding carboxylic acids is 1. The highest BCUT2D eigenvalue weighted by Gasteiger charge is 2.30. The minimum absolute atomic E-state index is 0.0163. The predicted octanol–water partition coefficient (Wildman–Crippen LogP) is 4.87. The van der Waals surface area contributed by atoms with Crippen LogP contribution >= 0.6 is 0 Å². The monoisotopic (exact) mass is 451 g/mol. The van der Waals surface area contributed by atoms with Crippen LogP contribution in [0.5, 0.6) is 0 Å². The van der Waals surface area contributed by atoms with Gasteiger partial charge in [-0.15, -0.1) is 0 Å². The summed E-state index contributed by atoms with van der Waals surface area (Å²) in [5, 5.41) is 6.81. The molecule has 32 heavy (non-hydrogen) atoms. The molecule has 7 nitrogen and oxygen atoms in total. The van der Waals surface area contributed by atoms with Gasteiger partial charge >= 0.3 is 0 Å². The van der Waals surface area contributed by atoms with Crippen LogP contribution in [0.3, 0.4) is 0 Å². The number of carbonyl (C=O) groups is 1. The molecule has 2 N–H and O–H groups in total.